The predicted molar refractivity (Wildman–Crippen MR) is 563 cm³/mol. The summed E-state index contributed by atoms with van der Waals surface area (Å²) >= 11 is 0. The molecule has 0 aliphatic carbocycles. The van der Waals surface area contributed by atoms with E-state index < -0.39 is 0 Å². The summed E-state index contributed by atoms with van der Waals surface area (Å²) in [6, 6.07) is 123. The third-order valence-corrected chi connectivity index (χ3v) is 22.9. The van der Waals surface area contributed by atoms with Gasteiger partial charge in [-0.1, -0.05) is 366 Å². The minimum Gasteiger partial charge on any atom is -0.489 e. The van der Waals surface area contributed by atoms with E-state index in [1.807, 2.05) is 18.2 Å². The molecule has 662 valence electrons. The summed E-state index contributed by atoms with van der Waals surface area (Å²) in [6.07, 6.45) is 34.3. The van der Waals surface area contributed by atoms with Gasteiger partial charge in [0.05, 0.1) is 0 Å². The van der Waals surface area contributed by atoms with Crippen LogP contribution in [0.25, 0.3) is 97.2 Å². The molecule has 0 N–H and O–H groups in total. The maximum Gasteiger partial charge on any atom is 0.121 e. The molecule has 0 aliphatic heterocycles. The smallest absolute Gasteiger partial charge is 0.121 e. The number of hydrogen-bond donors (Lipinski definition) is 0. The zero-order valence-corrected chi connectivity index (χ0v) is 77.5. The third-order valence-electron chi connectivity index (χ3n) is 22.9. The van der Waals surface area contributed by atoms with Crippen LogP contribution in [0.5, 0.6) is 40.2 Å². The van der Waals surface area contributed by atoms with Crippen LogP contribution in [-0.4, -0.2) is 0 Å². The van der Waals surface area contributed by atoms with Crippen molar-refractivity contribution in [3.8, 4) is 40.2 Å². The van der Waals surface area contributed by atoms with Crippen molar-refractivity contribution in [2.45, 2.75) is 102 Å². The first kappa shape index (κ1) is 91.4. The van der Waals surface area contributed by atoms with E-state index in [4.69, 9.17) is 33.2 Å². The van der Waals surface area contributed by atoms with Crippen LogP contribution < -0.4 is 33.2 Å². The molecule has 0 unspecified atom stereocenters. The van der Waals surface area contributed by atoms with E-state index in [2.05, 4.69) is 486 Å². The molecule has 0 amide bonds. The van der Waals surface area contributed by atoms with E-state index >= 15 is 0 Å². The summed E-state index contributed by atoms with van der Waals surface area (Å²) in [4.78, 5) is 0. The first-order valence-corrected chi connectivity index (χ1v) is 45.8. The van der Waals surface area contributed by atoms with Gasteiger partial charge in [0.15, 0.2) is 0 Å². The Morgan fingerprint density at radius 3 is 0.418 bits per heavy atom. The zero-order chi connectivity index (χ0) is 92.2. The fraction of sp³-hybridized carbons (Fsp3) is 0.118. The lowest BCUT2D eigenvalue weighted by Crippen LogP contribution is -2.05. The van der Waals surface area contributed by atoms with Gasteiger partial charge in [-0.05, 0) is 311 Å². The number of hydrogen-bond acceptors (Lipinski definition) is 7. The van der Waals surface area contributed by atoms with Crippen molar-refractivity contribution in [1.29, 1.82) is 0 Å². The van der Waals surface area contributed by atoms with Crippen molar-refractivity contribution in [3.63, 3.8) is 0 Å². The summed E-state index contributed by atoms with van der Waals surface area (Å²) in [5, 5.41) is 0. The molecule has 0 bridgehead atoms. The fourth-order valence-corrected chi connectivity index (χ4v) is 15.3. The Morgan fingerprint density at radius 2 is 0.261 bits per heavy atom. The van der Waals surface area contributed by atoms with Crippen molar-refractivity contribution in [1.82, 2.24) is 0 Å². The Balaban J connectivity index is 0.722. The van der Waals surface area contributed by atoms with Gasteiger partial charge in [-0.15, -0.1) is 0 Å². The highest BCUT2D eigenvalue weighted by atomic mass is 16.5. The van der Waals surface area contributed by atoms with Crippen LogP contribution in [0.4, 0.5) is 0 Å². The third kappa shape index (κ3) is 28.8. The highest BCUT2D eigenvalue weighted by molar-refractivity contribution is 5.80. The molecular formula is C127H112O7. The lowest BCUT2D eigenvalue weighted by atomic mass is 10.1. The van der Waals surface area contributed by atoms with Gasteiger partial charge >= 0.3 is 0 Å². The number of aryl methyl sites for hydroxylation is 8. The Hall–Kier alpha value is -16.0. The minimum atomic E-state index is 0.186. The van der Waals surface area contributed by atoms with E-state index in [-0.39, 0.29) is 39.6 Å². The molecule has 0 atom stereocenters. The lowest BCUT2D eigenvalue weighted by Gasteiger charge is -2.16. The van der Waals surface area contributed by atoms with Gasteiger partial charge in [0.2, 0.25) is 0 Å². The van der Waals surface area contributed by atoms with Crippen molar-refractivity contribution in [2.75, 3.05) is 0 Å². The van der Waals surface area contributed by atoms with E-state index in [0.29, 0.717) is 23.9 Å². The molecule has 0 fully saturated rings. The molecule has 0 radical (unpaired) electrons. The number of benzene rings is 16. The van der Waals surface area contributed by atoms with Crippen LogP contribution in [-0.2, 0) is 46.2 Å². The molecule has 7 nitrogen and oxygen atoms in total. The zero-order valence-electron chi connectivity index (χ0n) is 77.5. The Labute approximate surface area is 791 Å². The van der Waals surface area contributed by atoms with Gasteiger partial charge < -0.3 is 33.2 Å². The van der Waals surface area contributed by atoms with Crippen molar-refractivity contribution >= 4 is 97.2 Å². The summed E-state index contributed by atoms with van der Waals surface area (Å²) in [5.41, 5.74) is 33.0. The molecule has 0 aliphatic rings. The van der Waals surface area contributed by atoms with Crippen molar-refractivity contribution < 1.29 is 33.2 Å². The number of ether oxygens (including phenoxy) is 7. The number of rotatable bonds is 37. The Morgan fingerprint density at radius 1 is 0.127 bits per heavy atom. The molecule has 0 saturated heterocycles. The largest absolute Gasteiger partial charge is 0.489 e. The van der Waals surface area contributed by atoms with E-state index in [0.717, 1.165) is 151 Å². The van der Waals surface area contributed by atoms with Crippen molar-refractivity contribution in [3.05, 3.63) is 524 Å². The first-order valence-electron chi connectivity index (χ1n) is 45.8. The molecule has 134 heavy (non-hydrogen) atoms. The van der Waals surface area contributed by atoms with Gasteiger partial charge in [0, 0.05) is 0 Å². The monoisotopic (exact) mass is 1750 g/mol. The molecule has 16 rings (SSSR count). The van der Waals surface area contributed by atoms with Crippen molar-refractivity contribution in [2.24, 2.45) is 0 Å². The van der Waals surface area contributed by atoms with Gasteiger partial charge in [-0.25, -0.2) is 0 Å². The Kier molecular flexibility index (Phi) is 31.0. The standard InChI is InChI=1S/C127H112O7/c1-90-14-30-98(31-15-90)46-54-107-62-108(55-47-99-32-16-91(2)17-33-99)70-121(69-107)129-84-117-67-118(85-130-122-71-109(56-48-100-34-18-92(3)19-35-100)63-110(72-122)57-49-101-36-20-93(4)21-37-101)80-126(79-117)133-88-115-66-116(78-125(77-115)128-83-106-12-10-9-11-13-106)89-134-127-81-119(86-131-123-73-111(58-50-102-38-22-94(5)23-39-102)64-112(74-123)59-51-103-40-24-95(6)25-41-103)68-120(82-127)87-132-124-75-113(60-52-104-42-26-96(7)27-43-104)65-114(76-124)61-53-105-44-28-97(8)29-45-105/h9-82H,83-89H2,1-8H3/b54-46+,55-47+,56-48+,57-49+,58-50+,59-51+,60-52+,61-53+. The molecule has 16 aromatic rings. The maximum atomic E-state index is 7.07. The van der Waals surface area contributed by atoms with Gasteiger partial charge in [0.1, 0.15) is 86.5 Å². The van der Waals surface area contributed by atoms with E-state index in [9.17, 15) is 0 Å². The second kappa shape index (κ2) is 45.5. The topological polar surface area (TPSA) is 64.6 Å². The second-order valence-electron chi connectivity index (χ2n) is 34.8. The maximum absolute atomic E-state index is 7.07. The lowest BCUT2D eigenvalue weighted by molar-refractivity contribution is 0.281. The molecule has 7 heteroatoms. The molecule has 16 aromatic carbocycles. The van der Waals surface area contributed by atoms with Crippen LogP contribution in [0.2, 0.25) is 0 Å². The van der Waals surface area contributed by atoms with Crippen LogP contribution >= 0.6 is 0 Å². The van der Waals surface area contributed by atoms with Gasteiger partial charge in [-0.3, -0.25) is 0 Å². The summed E-state index contributed by atoms with van der Waals surface area (Å²) < 4.78 is 48.6. The van der Waals surface area contributed by atoms with Gasteiger partial charge in [0.25, 0.3) is 0 Å². The second-order valence-corrected chi connectivity index (χ2v) is 34.8. The summed E-state index contributed by atoms with van der Waals surface area (Å²) in [7, 11) is 0. The predicted octanol–water partition coefficient (Wildman–Crippen LogP) is 32.6. The highest BCUT2D eigenvalue weighted by Crippen LogP contribution is 2.33. The van der Waals surface area contributed by atoms with E-state index in [1.54, 1.807) is 0 Å². The normalized spacial score (nSPS) is 11.7. The average Bonchev–Trinajstić information content (AvgIpc) is 0.837. The van der Waals surface area contributed by atoms with E-state index in [1.165, 1.54) is 44.5 Å². The van der Waals surface area contributed by atoms with Crippen LogP contribution in [0.3, 0.4) is 0 Å². The average molecular weight is 1750 g/mol. The summed E-state index contributed by atoms with van der Waals surface area (Å²) in [5.74, 6) is 4.83. The molecule has 0 aromatic heterocycles. The molecular weight excluding hydrogens is 1640 g/mol. The van der Waals surface area contributed by atoms with Crippen LogP contribution in [0.1, 0.15) is 172 Å². The van der Waals surface area contributed by atoms with Crippen LogP contribution in [0, 0.1) is 55.4 Å². The Bertz CT molecular complexity index is 5860. The molecule has 0 heterocycles. The highest BCUT2D eigenvalue weighted by Gasteiger charge is 2.15. The summed E-state index contributed by atoms with van der Waals surface area (Å²) in [6.45, 7) is 18.5. The van der Waals surface area contributed by atoms with Gasteiger partial charge in [-0.2, -0.15) is 0 Å². The fourth-order valence-electron chi connectivity index (χ4n) is 15.3. The first-order chi connectivity index (χ1) is 65.4. The molecule has 0 saturated carbocycles. The quantitative estimate of drug-likeness (QED) is 0.0360. The SMILES string of the molecule is Cc1ccc(/C=C/c2cc(/C=C/c3ccc(C)cc3)cc(OCc3cc(COc4cc(/C=C/c5ccc(C)cc5)cc(/C=C/c5ccc(C)cc5)c4)cc(OCc4cc(COc5cc(COc6cc(/C=C/c7ccc(C)cc7)cc(/C=C/c7ccc(C)cc7)c6)cc(COc6cc(/C=C/c7ccc(C)cc7)cc(/C=C/c7ccc(C)cc7)c6)c5)cc(OCc5ccccc5)c4)c3)c2)cc1. The minimum absolute atomic E-state index is 0.186. The van der Waals surface area contributed by atoms with Crippen LogP contribution in [0.15, 0.2) is 352 Å². The molecule has 0 spiro atoms.